The Morgan fingerprint density at radius 1 is 1.16 bits per heavy atom. The highest BCUT2D eigenvalue weighted by Gasteiger charge is 2.21. The summed E-state index contributed by atoms with van der Waals surface area (Å²) in [6.45, 7) is 2.84. The predicted molar refractivity (Wildman–Crippen MR) is 122 cm³/mol. The van der Waals surface area contributed by atoms with Crippen molar-refractivity contribution >= 4 is 29.2 Å². The van der Waals surface area contributed by atoms with E-state index in [1.165, 1.54) is 12.7 Å². The Kier molecular flexibility index (Phi) is 8.32. The smallest absolute Gasteiger partial charge is 0.337 e. The van der Waals surface area contributed by atoms with Crippen LogP contribution in [-0.4, -0.2) is 44.1 Å². The number of piperidine rings is 1. The molecule has 0 saturated carbocycles. The first kappa shape index (κ1) is 23.1. The van der Waals surface area contributed by atoms with Gasteiger partial charge in [-0.25, -0.2) is 4.79 Å². The fourth-order valence-electron chi connectivity index (χ4n) is 3.98. The lowest BCUT2D eigenvalue weighted by Crippen LogP contribution is -2.35. The summed E-state index contributed by atoms with van der Waals surface area (Å²) in [4.78, 5) is 26.4. The van der Waals surface area contributed by atoms with Crippen LogP contribution >= 0.6 is 11.6 Å². The molecule has 1 aliphatic heterocycles. The third-order valence-corrected chi connectivity index (χ3v) is 5.83. The van der Waals surface area contributed by atoms with Crippen molar-refractivity contribution in [1.29, 1.82) is 0 Å². The monoisotopic (exact) mass is 444 g/mol. The first-order valence-corrected chi connectivity index (χ1v) is 10.9. The van der Waals surface area contributed by atoms with Crippen molar-refractivity contribution in [2.24, 2.45) is 5.92 Å². The number of esters is 1. The summed E-state index contributed by atoms with van der Waals surface area (Å²) in [6, 6.07) is 12.7. The number of hydrogen-bond donors (Lipinski definition) is 1. The van der Waals surface area contributed by atoms with Crippen molar-refractivity contribution in [1.82, 2.24) is 4.90 Å². The first-order chi connectivity index (χ1) is 15.0. The molecule has 7 heteroatoms. The molecule has 1 atom stereocenters. The first-order valence-electron chi connectivity index (χ1n) is 10.5. The number of methoxy groups -OCH3 is 2. The SMILES string of the molecule is COC(=O)c1ccc(CN2CCC[C@H](CCC(=O)Nc3cc(Cl)ccc3OC)C2)cc1. The van der Waals surface area contributed by atoms with Gasteiger partial charge in [-0.1, -0.05) is 23.7 Å². The maximum Gasteiger partial charge on any atom is 0.337 e. The summed E-state index contributed by atoms with van der Waals surface area (Å²) in [5, 5.41) is 3.47. The van der Waals surface area contributed by atoms with Crippen LogP contribution in [0.5, 0.6) is 5.75 Å². The normalized spacial score (nSPS) is 16.5. The van der Waals surface area contributed by atoms with Gasteiger partial charge in [-0.15, -0.1) is 0 Å². The molecule has 1 heterocycles. The van der Waals surface area contributed by atoms with E-state index in [-0.39, 0.29) is 11.9 Å². The molecule has 0 bridgehead atoms. The number of carbonyl (C=O) groups is 2. The second-order valence-electron chi connectivity index (χ2n) is 7.86. The van der Waals surface area contributed by atoms with Crippen LogP contribution in [0.1, 0.15) is 41.6 Å². The van der Waals surface area contributed by atoms with Gasteiger partial charge in [0.1, 0.15) is 5.75 Å². The topological polar surface area (TPSA) is 67.9 Å². The van der Waals surface area contributed by atoms with Gasteiger partial charge >= 0.3 is 5.97 Å². The van der Waals surface area contributed by atoms with E-state index in [4.69, 9.17) is 21.1 Å². The molecule has 2 aromatic rings. The van der Waals surface area contributed by atoms with E-state index >= 15 is 0 Å². The largest absolute Gasteiger partial charge is 0.495 e. The van der Waals surface area contributed by atoms with E-state index in [1.54, 1.807) is 37.4 Å². The Bertz CT molecular complexity index is 901. The Labute approximate surface area is 188 Å². The van der Waals surface area contributed by atoms with E-state index in [9.17, 15) is 9.59 Å². The molecule has 0 radical (unpaired) electrons. The number of anilines is 1. The molecule has 1 amide bonds. The van der Waals surface area contributed by atoms with E-state index in [0.29, 0.717) is 34.4 Å². The van der Waals surface area contributed by atoms with Gasteiger partial charge in [0, 0.05) is 24.5 Å². The third-order valence-electron chi connectivity index (χ3n) is 5.60. The number of ether oxygens (including phenoxy) is 2. The molecule has 166 valence electrons. The summed E-state index contributed by atoms with van der Waals surface area (Å²) in [5.41, 5.74) is 2.32. The van der Waals surface area contributed by atoms with Crippen molar-refractivity contribution in [2.45, 2.75) is 32.2 Å². The lowest BCUT2D eigenvalue weighted by Gasteiger charge is -2.32. The summed E-state index contributed by atoms with van der Waals surface area (Å²) in [6.07, 6.45) is 3.55. The molecule has 0 spiro atoms. The summed E-state index contributed by atoms with van der Waals surface area (Å²) in [7, 11) is 2.95. The molecule has 31 heavy (non-hydrogen) atoms. The number of likely N-dealkylation sites (tertiary alicyclic amines) is 1. The minimum absolute atomic E-state index is 0.0314. The van der Waals surface area contributed by atoms with Gasteiger partial charge in [0.15, 0.2) is 0 Å². The lowest BCUT2D eigenvalue weighted by molar-refractivity contribution is -0.116. The van der Waals surface area contributed by atoms with Gasteiger partial charge in [-0.3, -0.25) is 9.69 Å². The van der Waals surface area contributed by atoms with Crippen LogP contribution in [0.3, 0.4) is 0 Å². The zero-order chi connectivity index (χ0) is 22.2. The molecule has 1 fully saturated rings. The molecule has 0 aliphatic carbocycles. The van der Waals surface area contributed by atoms with Crippen molar-refractivity contribution in [3.05, 3.63) is 58.6 Å². The number of halogens is 1. The molecule has 2 aromatic carbocycles. The van der Waals surface area contributed by atoms with Crippen LogP contribution in [0.2, 0.25) is 5.02 Å². The van der Waals surface area contributed by atoms with Gasteiger partial charge < -0.3 is 14.8 Å². The number of benzene rings is 2. The molecule has 1 saturated heterocycles. The van der Waals surface area contributed by atoms with Crippen molar-refractivity contribution in [3.63, 3.8) is 0 Å². The second kappa shape index (κ2) is 11.2. The highest BCUT2D eigenvalue weighted by atomic mass is 35.5. The van der Waals surface area contributed by atoms with Crippen LogP contribution < -0.4 is 10.1 Å². The van der Waals surface area contributed by atoms with Gasteiger partial charge in [-0.2, -0.15) is 0 Å². The minimum atomic E-state index is -0.321. The number of amides is 1. The zero-order valence-corrected chi connectivity index (χ0v) is 18.8. The average molecular weight is 445 g/mol. The maximum absolute atomic E-state index is 12.5. The Balaban J connectivity index is 1.48. The summed E-state index contributed by atoms with van der Waals surface area (Å²) >= 11 is 6.03. The maximum atomic E-state index is 12.5. The average Bonchev–Trinajstić information content (AvgIpc) is 2.78. The van der Waals surface area contributed by atoms with Gasteiger partial charge in [0.05, 0.1) is 25.5 Å². The third kappa shape index (κ3) is 6.71. The Hall–Kier alpha value is -2.57. The molecule has 0 unspecified atom stereocenters. The Morgan fingerprint density at radius 3 is 2.65 bits per heavy atom. The van der Waals surface area contributed by atoms with Crippen molar-refractivity contribution in [3.8, 4) is 5.75 Å². The van der Waals surface area contributed by atoms with E-state index in [0.717, 1.165) is 38.9 Å². The molecule has 3 rings (SSSR count). The quantitative estimate of drug-likeness (QED) is 0.594. The number of nitrogens with zero attached hydrogens (tertiary/aromatic N) is 1. The van der Waals surface area contributed by atoms with E-state index in [1.807, 2.05) is 12.1 Å². The zero-order valence-electron chi connectivity index (χ0n) is 18.0. The molecule has 1 aliphatic rings. The fourth-order valence-corrected chi connectivity index (χ4v) is 4.15. The predicted octanol–water partition coefficient (Wildman–Crippen LogP) is 4.77. The number of rotatable bonds is 8. The summed E-state index contributed by atoms with van der Waals surface area (Å²) < 4.78 is 10.0. The van der Waals surface area contributed by atoms with Gasteiger partial charge in [-0.05, 0) is 67.6 Å². The standard InChI is InChI=1S/C24H29ClN2O4/c1-30-22-11-10-20(25)14-21(22)26-23(28)12-7-17-4-3-13-27(15-17)16-18-5-8-19(9-6-18)24(29)31-2/h5-6,8-11,14,17H,3-4,7,12-13,15-16H2,1-2H3,(H,26,28)/t17-/m1/s1. The number of hydrogen-bond acceptors (Lipinski definition) is 5. The number of nitrogens with one attached hydrogen (secondary N) is 1. The molecule has 0 aromatic heterocycles. The molecule has 1 N–H and O–H groups in total. The molecule has 6 nitrogen and oxygen atoms in total. The minimum Gasteiger partial charge on any atom is -0.495 e. The highest BCUT2D eigenvalue weighted by Crippen LogP contribution is 2.28. The van der Waals surface area contributed by atoms with Gasteiger partial charge in [0.25, 0.3) is 0 Å². The fraction of sp³-hybridized carbons (Fsp3) is 0.417. The Morgan fingerprint density at radius 2 is 1.94 bits per heavy atom. The van der Waals surface area contributed by atoms with Gasteiger partial charge in [0.2, 0.25) is 5.91 Å². The summed E-state index contributed by atoms with van der Waals surface area (Å²) in [5.74, 6) is 0.726. The van der Waals surface area contributed by atoms with Crippen LogP contribution in [0.15, 0.2) is 42.5 Å². The van der Waals surface area contributed by atoms with Crippen LogP contribution in [0.25, 0.3) is 0 Å². The van der Waals surface area contributed by atoms with Crippen LogP contribution in [-0.2, 0) is 16.1 Å². The molecular weight excluding hydrogens is 416 g/mol. The van der Waals surface area contributed by atoms with Crippen LogP contribution in [0.4, 0.5) is 5.69 Å². The van der Waals surface area contributed by atoms with Crippen molar-refractivity contribution < 1.29 is 19.1 Å². The van der Waals surface area contributed by atoms with E-state index < -0.39 is 0 Å². The number of carbonyl (C=O) groups excluding carboxylic acids is 2. The highest BCUT2D eigenvalue weighted by molar-refractivity contribution is 6.31. The lowest BCUT2D eigenvalue weighted by atomic mass is 9.93. The van der Waals surface area contributed by atoms with Crippen LogP contribution in [0, 0.1) is 5.92 Å². The molecular formula is C24H29ClN2O4. The van der Waals surface area contributed by atoms with E-state index in [2.05, 4.69) is 10.2 Å². The second-order valence-corrected chi connectivity index (χ2v) is 8.30. The van der Waals surface area contributed by atoms with Crippen molar-refractivity contribution in [2.75, 3.05) is 32.6 Å².